The lowest BCUT2D eigenvalue weighted by molar-refractivity contribution is -0.216. The van der Waals surface area contributed by atoms with Crippen LogP contribution in [0.4, 0.5) is 4.79 Å². The molecule has 8 heteroatoms. The quantitative estimate of drug-likeness (QED) is 0.172. The molecule has 0 bridgehead atoms. The molecule has 0 spiro atoms. The maximum Gasteiger partial charge on any atom is 0.410 e. The fraction of sp³-hybridized carbons (Fsp3) is 0.333. The van der Waals surface area contributed by atoms with Gasteiger partial charge in [-0.3, -0.25) is 4.90 Å². The standard InChI is InChI=1S/C39H41NO7/c1-2-23-43-38(41)36-24-30(47-37-22-14-17-29(46-37)26-44-28-15-8-6-4-3-5-7-9-16-28)25-40(36)39(42)45-27-35-33-20-12-10-18-31(33)32-19-11-13-21-34(32)35/h2-13,15-16,18-21,29-30,35-37H,1,14,17,22-27H2/t29?,30-,36+,37?/m1/s1. The Bertz CT molecular complexity index is 1540. The molecule has 4 atom stereocenters. The molecule has 0 aromatic heterocycles. The smallest absolute Gasteiger partial charge is 0.410 e. The molecule has 2 fully saturated rings. The summed E-state index contributed by atoms with van der Waals surface area (Å²) >= 11 is 0. The van der Waals surface area contributed by atoms with Crippen molar-refractivity contribution in [2.75, 3.05) is 26.4 Å². The first-order valence-corrected chi connectivity index (χ1v) is 16.3. The summed E-state index contributed by atoms with van der Waals surface area (Å²) < 4.78 is 30.0. The Hall–Kier alpha value is -4.66. The number of fused-ring (bicyclic) bond motifs is 3. The van der Waals surface area contributed by atoms with Crippen molar-refractivity contribution in [1.29, 1.82) is 0 Å². The van der Waals surface area contributed by atoms with Gasteiger partial charge in [-0.25, -0.2) is 9.59 Å². The van der Waals surface area contributed by atoms with Gasteiger partial charge in [0.15, 0.2) is 6.29 Å². The third kappa shape index (κ3) is 8.02. The molecule has 2 aliphatic heterocycles. The number of rotatable bonds is 10. The number of benzene rings is 2. The van der Waals surface area contributed by atoms with E-state index in [2.05, 4.69) is 30.8 Å². The van der Waals surface area contributed by atoms with Gasteiger partial charge in [0.2, 0.25) is 0 Å². The highest BCUT2D eigenvalue weighted by atomic mass is 16.7. The maximum absolute atomic E-state index is 13.6. The molecule has 2 saturated heterocycles. The van der Waals surface area contributed by atoms with E-state index in [-0.39, 0.29) is 38.2 Å². The molecule has 1 amide bonds. The second-order valence-corrected chi connectivity index (χ2v) is 11.9. The second-order valence-electron chi connectivity index (χ2n) is 11.9. The van der Waals surface area contributed by atoms with Crippen LogP contribution in [-0.2, 0) is 23.7 Å². The molecule has 3 aromatic carbocycles. The molecule has 47 heavy (non-hydrogen) atoms. The monoisotopic (exact) mass is 635 g/mol. The van der Waals surface area contributed by atoms with Crippen molar-refractivity contribution in [3.8, 4) is 16.9 Å². The highest BCUT2D eigenvalue weighted by Gasteiger charge is 2.44. The summed E-state index contributed by atoms with van der Waals surface area (Å²) in [6, 6.07) is 33.0. The van der Waals surface area contributed by atoms with Gasteiger partial charge in [0, 0.05) is 12.3 Å². The lowest BCUT2D eigenvalue weighted by atomic mass is 9.98. The summed E-state index contributed by atoms with van der Waals surface area (Å²) in [4.78, 5) is 28.1. The minimum Gasteiger partial charge on any atom is -0.491 e. The Morgan fingerprint density at radius 3 is 2.13 bits per heavy atom. The topological polar surface area (TPSA) is 83.5 Å². The molecule has 2 unspecified atom stereocenters. The Morgan fingerprint density at radius 2 is 1.45 bits per heavy atom. The third-order valence-corrected chi connectivity index (χ3v) is 8.73. The fourth-order valence-corrected chi connectivity index (χ4v) is 6.50. The van der Waals surface area contributed by atoms with Gasteiger partial charge in [0.25, 0.3) is 0 Å². The summed E-state index contributed by atoms with van der Waals surface area (Å²) in [7, 11) is 0. The third-order valence-electron chi connectivity index (χ3n) is 8.73. The number of hydrogen-bond donors (Lipinski definition) is 0. The molecule has 6 rings (SSSR count). The van der Waals surface area contributed by atoms with Gasteiger partial charge in [0.1, 0.15) is 31.6 Å². The molecular formula is C39H41NO7. The van der Waals surface area contributed by atoms with Crippen LogP contribution in [0.3, 0.4) is 0 Å². The van der Waals surface area contributed by atoms with Crippen molar-refractivity contribution in [2.45, 2.75) is 56.1 Å². The predicted molar refractivity (Wildman–Crippen MR) is 178 cm³/mol. The van der Waals surface area contributed by atoms with Crippen molar-refractivity contribution < 1.29 is 33.3 Å². The molecular weight excluding hydrogens is 594 g/mol. The summed E-state index contributed by atoms with van der Waals surface area (Å²) in [6.45, 7) is 4.43. The van der Waals surface area contributed by atoms with Gasteiger partial charge in [-0.1, -0.05) is 104 Å². The number of carbonyl (C=O) groups excluding carboxylic acids is 2. The Labute approximate surface area is 276 Å². The minimum atomic E-state index is -0.832. The molecule has 1 aliphatic carbocycles. The van der Waals surface area contributed by atoms with Crippen LogP contribution in [0, 0.1) is 0 Å². The predicted octanol–water partition coefficient (Wildman–Crippen LogP) is 7.22. The van der Waals surface area contributed by atoms with Crippen LogP contribution in [0.15, 0.2) is 116 Å². The molecule has 0 radical (unpaired) electrons. The first-order valence-electron chi connectivity index (χ1n) is 16.3. The molecule has 3 aromatic rings. The van der Waals surface area contributed by atoms with E-state index in [4.69, 9.17) is 23.7 Å². The summed E-state index contributed by atoms with van der Waals surface area (Å²) in [5.74, 6) is 0.143. The Kier molecular flexibility index (Phi) is 10.8. The molecule has 2 heterocycles. The SMILES string of the molecule is C=CCOC(=O)[C@@H]1C[C@@H](OC2CCCC(COc3ccccccccc3)O2)CN1C(=O)OCC1c2ccccc2-c2ccccc21. The number of likely N-dealkylation sites (tertiary alicyclic amines) is 1. The zero-order valence-corrected chi connectivity index (χ0v) is 26.4. The minimum absolute atomic E-state index is 0.0568. The number of ether oxygens (including phenoxy) is 5. The molecule has 3 aliphatic rings. The lowest BCUT2D eigenvalue weighted by Gasteiger charge is -2.31. The highest BCUT2D eigenvalue weighted by Crippen LogP contribution is 2.44. The average molecular weight is 636 g/mol. The summed E-state index contributed by atoms with van der Waals surface area (Å²) in [5.41, 5.74) is 4.54. The normalized spacial score (nSPS) is 21.6. The highest BCUT2D eigenvalue weighted by molar-refractivity contribution is 5.83. The van der Waals surface area contributed by atoms with Crippen molar-refractivity contribution in [2.24, 2.45) is 0 Å². The second kappa shape index (κ2) is 15.8. The average Bonchev–Trinajstić information content (AvgIpc) is 3.67. The van der Waals surface area contributed by atoms with E-state index in [1.807, 2.05) is 78.9 Å². The van der Waals surface area contributed by atoms with Gasteiger partial charge >= 0.3 is 12.1 Å². The van der Waals surface area contributed by atoms with Gasteiger partial charge in [-0.2, -0.15) is 0 Å². The number of esters is 1. The van der Waals surface area contributed by atoms with Crippen molar-refractivity contribution in [3.05, 3.63) is 127 Å². The largest absolute Gasteiger partial charge is 0.491 e. The maximum atomic E-state index is 13.6. The fourth-order valence-electron chi connectivity index (χ4n) is 6.50. The molecule has 8 nitrogen and oxygen atoms in total. The summed E-state index contributed by atoms with van der Waals surface area (Å²) in [5, 5.41) is 0. The zero-order chi connectivity index (χ0) is 32.4. The Balaban J connectivity index is 1.08. The van der Waals surface area contributed by atoms with Crippen LogP contribution in [0.25, 0.3) is 11.1 Å². The van der Waals surface area contributed by atoms with E-state index in [1.54, 1.807) is 0 Å². The van der Waals surface area contributed by atoms with E-state index in [1.165, 1.54) is 11.0 Å². The van der Waals surface area contributed by atoms with Crippen LogP contribution in [0.5, 0.6) is 5.75 Å². The number of nitrogens with zero attached hydrogens (tertiary/aromatic N) is 1. The first-order chi connectivity index (χ1) is 23.1. The van der Waals surface area contributed by atoms with Crippen LogP contribution in [0.1, 0.15) is 42.7 Å². The van der Waals surface area contributed by atoms with Crippen LogP contribution in [0.2, 0.25) is 0 Å². The van der Waals surface area contributed by atoms with Crippen molar-refractivity contribution in [1.82, 2.24) is 4.90 Å². The van der Waals surface area contributed by atoms with Crippen LogP contribution < -0.4 is 4.74 Å². The number of amides is 1. The van der Waals surface area contributed by atoms with Gasteiger partial charge in [-0.15, -0.1) is 0 Å². The number of hydrogen-bond acceptors (Lipinski definition) is 7. The van der Waals surface area contributed by atoms with E-state index >= 15 is 0 Å². The van der Waals surface area contributed by atoms with Gasteiger partial charge in [-0.05, 0) is 53.6 Å². The molecule has 0 saturated carbocycles. The Morgan fingerprint density at radius 1 is 0.809 bits per heavy atom. The van der Waals surface area contributed by atoms with Crippen LogP contribution in [-0.4, -0.2) is 67.9 Å². The lowest BCUT2D eigenvalue weighted by Crippen LogP contribution is -2.42. The molecule has 0 N–H and O–H groups in total. The van der Waals surface area contributed by atoms with Gasteiger partial charge in [0.05, 0.1) is 18.8 Å². The summed E-state index contributed by atoms with van der Waals surface area (Å²) in [6.07, 6.45) is 2.65. The van der Waals surface area contributed by atoms with Crippen molar-refractivity contribution in [3.63, 3.8) is 0 Å². The first kappa shape index (κ1) is 32.3. The van der Waals surface area contributed by atoms with E-state index < -0.39 is 30.5 Å². The zero-order valence-electron chi connectivity index (χ0n) is 26.4. The van der Waals surface area contributed by atoms with E-state index in [0.29, 0.717) is 13.0 Å². The van der Waals surface area contributed by atoms with E-state index in [9.17, 15) is 9.59 Å². The van der Waals surface area contributed by atoms with Crippen molar-refractivity contribution >= 4 is 12.1 Å². The van der Waals surface area contributed by atoms with Gasteiger partial charge < -0.3 is 23.7 Å². The van der Waals surface area contributed by atoms with E-state index in [0.717, 1.165) is 40.8 Å². The van der Waals surface area contributed by atoms with Crippen LogP contribution >= 0.6 is 0 Å². The number of carbonyl (C=O) groups is 2. The molecule has 244 valence electrons.